The Balaban J connectivity index is 3.75. The molecule has 10 heavy (non-hydrogen) atoms. The fourth-order valence-corrected chi connectivity index (χ4v) is 2.63. The molecule has 0 aliphatic carbocycles. The zero-order valence-corrected chi connectivity index (χ0v) is 7.95. The second-order valence-electron chi connectivity index (χ2n) is 2.49. The average Bonchev–Trinajstić information content (AvgIpc) is 1.59. The molecule has 0 amide bonds. The summed E-state index contributed by atoms with van der Waals surface area (Å²) in [5.74, 6) is 0.341. The highest BCUT2D eigenvalue weighted by Gasteiger charge is 2.14. The minimum atomic E-state index is -2.63. The van der Waals surface area contributed by atoms with Crippen molar-refractivity contribution >= 4 is 19.0 Å². The van der Waals surface area contributed by atoms with Crippen LogP contribution in [-0.4, -0.2) is 18.1 Å². The predicted molar refractivity (Wildman–Crippen MR) is 45.7 cm³/mol. The van der Waals surface area contributed by atoms with E-state index in [1.54, 1.807) is 0 Å². The van der Waals surface area contributed by atoms with Crippen LogP contribution >= 0.6 is 19.0 Å². The van der Waals surface area contributed by atoms with Crippen LogP contribution in [0.2, 0.25) is 0 Å². The Morgan fingerprint density at radius 3 is 2.50 bits per heavy atom. The lowest BCUT2D eigenvalue weighted by Crippen LogP contribution is -2.25. The number of rotatable bonds is 4. The topological polar surface area (TPSA) is 55.1 Å². The van der Waals surface area contributed by atoms with Crippen molar-refractivity contribution in [3.8, 4) is 0 Å². The number of hydrogen-bond acceptors (Lipinski definition) is 1. The third kappa shape index (κ3) is 5.24. The van der Waals surface area contributed by atoms with Crippen LogP contribution in [0.15, 0.2) is 0 Å². The van der Waals surface area contributed by atoms with Gasteiger partial charge in [-0.1, -0.05) is 0 Å². The third-order valence-electron chi connectivity index (χ3n) is 0.893. The van der Waals surface area contributed by atoms with Crippen LogP contribution in [0.1, 0.15) is 13.8 Å². The van der Waals surface area contributed by atoms with Crippen LogP contribution in [0.3, 0.4) is 0 Å². The van der Waals surface area contributed by atoms with Crippen LogP contribution < -0.4 is 10.6 Å². The Bertz CT molecular complexity index is 140. The molecule has 1 unspecified atom stereocenters. The van der Waals surface area contributed by atoms with Crippen LogP contribution in [0.4, 0.5) is 0 Å². The highest BCUT2D eigenvalue weighted by Crippen LogP contribution is 2.30. The van der Waals surface area contributed by atoms with Crippen molar-refractivity contribution in [1.82, 2.24) is 5.09 Å². The third-order valence-corrected chi connectivity index (χ3v) is 3.19. The normalized spacial score (nSPS) is 17.3. The lowest BCUT2D eigenvalue weighted by molar-refractivity contribution is 0.557. The summed E-state index contributed by atoms with van der Waals surface area (Å²) in [5, 5.41) is 2.77. The summed E-state index contributed by atoms with van der Waals surface area (Å²) >= 11 is 5.38. The molecule has 0 rings (SSSR count). The van der Waals surface area contributed by atoms with Gasteiger partial charge in [0.1, 0.15) is 0 Å². The van der Waals surface area contributed by atoms with E-state index in [1.165, 1.54) is 0 Å². The zero-order chi connectivity index (χ0) is 8.20. The number of alkyl halides is 1. The maximum atomic E-state index is 11.2. The summed E-state index contributed by atoms with van der Waals surface area (Å²) in [6.07, 6.45) is 0.354. The highest BCUT2D eigenvalue weighted by atomic mass is 35.5. The summed E-state index contributed by atoms with van der Waals surface area (Å²) in [5.41, 5.74) is 5.39. The summed E-state index contributed by atoms with van der Waals surface area (Å²) in [4.78, 5) is 0. The van der Waals surface area contributed by atoms with E-state index < -0.39 is 7.44 Å². The number of halogens is 1. The number of nitrogens with two attached hydrogens (primary N) is 1. The molecule has 3 N–H and O–H groups in total. The molecule has 0 saturated carbocycles. The average molecular weight is 185 g/mol. The van der Waals surface area contributed by atoms with Gasteiger partial charge in [0.15, 0.2) is 0 Å². The first-order valence-electron chi connectivity index (χ1n) is 3.19. The lowest BCUT2D eigenvalue weighted by atomic mass is 10.4. The molecule has 0 aliphatic heterocycles. The molecule has 0 aromatic heterocycles. The Kier molecular flexibility index (Phi) is 4.54. The lowest BCUT2D eigenvalue weighted by Gasteiger charge is -2.15. The molecule has 0 aromatic rings. The zero-order valence-electron chi connectivity index (χ0n) is 6.30. The molecule has 3 nitrogen and oxygen atoms in total. The van der Waals surface area contributed by atoms with Gasteiger partial charge in [-0.05, 0) is 13.8 Å². The molecule has 0 spiro atoms. The van der Waals surface area contributed by atoms with Crippen LogP contribution in [-0.2, 0) is 4.57 Å². The summed E-state index contributed by atoms with van der Waals surface area (Å²) in [7, 11) is -2.63. The van der Waals surface area contributed by atoms with E-state index in [-0.39, 0.29) is 6.04 Å². The van der Waals surface area contributed by atoms with Crippen LogP contribution in [0.5, 0.6) is 0 Å². The van der Waals surface area contributed by atoms with Crippen molar-refractivity contribution in [1.29, 1.82) is 0 Å². The first-order chi connectivity index (χ1) is 4.48. The molecule has 0 saturated heterocycles. The number of nitrogens with one attached hydrogen (secondary N) is 1. The highest BCUT2D eigenvalue weighted by molar-refractivity contribution is 7.59. The van der Waals surface area contributed by atoms with Gasteiger partial charge >= 0.3 is 0 Å². The fourth-order valence-electron chi connectivity index (χ4n) is 0.627. The summed E-state index contributed by atoms with van der Waals surface area (Å²) in [6, 6.07) is 0.152. The van der Waals surface area contributed by atoms with Crippen molar-refractivity contribution in [2.45, 2.75) is 19.9 Å². The molecule has 0 fully saturated rings. The minimum Gasteiger partial charge on any atom is -0.289 e. The van der Waals surface area contributed by atoms with Crippen LogP contribution in [0.25, 0.3) is 0 Å². The van der Waals surface area contributed by atoms with Gasteiger partial charge in [0.05, 0.1) is 0 Å². The van der Waals surface area contributed by atoms with E-state index in [0.29, 0.717) is 12.0 Å². The molecule has 5 heteroatoms. The van der Waals surface area contributed by atoms with Crippen LogP contribution in [0, 0.1) is 0 Å². The Morgan fingerprint density at radius 1 is 1.70 bits per heavy atom. The van der Waals surface area contributed by atoms with Gasteiger partial charge in [-0.25, -0.2) is 0 Å². The van der Waals surface area contributed by atoms with E-state index in [4.69, 9.17) is 17.1 Å². The van der Waals surface area contributed by atoms with E-state index in [2.05, 4.69) is 5.09 Å². The standard InChI is InChI=1S/C5H14ClN2OP/c1-5(2)8-10(7,9)4-3-6/h5H,3-4H2,1-2H3,(H3,7,8,9). The molecule has 0 radical (unpaired) electrons. The van der Waals surface area contributed by atoms with Crippen molar-refractivity contribution in [2.24, 2.45) is 5.50 Å². The second kappa shape index (κ2) is 4.35. The largest absolute Gasteiger partial charge is 0.289 e. The number of hydrogen-bond donors (Lipinski definition) is 2. The van der Waals surface area contributed by atoms with E-state index in [1.807, 2.05) is 13.8 Å². The van der Waals surface area contributed by atoms with E-state index in [9.17, 15) is 4.57 Å². The smallest absolute Gasteiger partial charge is 0.210 e. The SMILES string of the molecule is CC(C)NP(N)(=O)CCCl. The molecule has 62 valence electrons. The Labute approximate surface area is 66.8 Å². The first kappa shape index (κ1) is 10.4. The molecule has 0 aliphatic rings. The predicted octanol–water partition coefficient (Wildman–Crippen LogP) is 1.38. The Morgan fingerprint density at radius 2 is 2.20 bits per heavy atom. The molecule has 0 bridgehead atoms. The Hall–Kier alpha value is 0.440. The molecule has 1 atom stereocenters. The minimum absolute atomic E-state index is 0.152. The first-order valence-corrected chi connectivity index (χ1v) is 5.69. The van der Waals surface area contributed by atoms with Gasteiger partial charge in [-0.3, -0.25) is 15.2 Å². The van der Waals surface area contributed by atoms with Gasteiger partial charge in [0.25, 0.3) is 0 Å². The van der Waals surface area contributed by atoms with Crippen molar-refractivity contribution < 1.29 is 4.57 Å². The summed E-state index contributed by atoms with van der Waals surface area (Å²) < 4.78 is 11.2. The maximum absolute atomic E-state index is 11.2. The fraction of sp³-hybridized carbons (Fsp3) is 1.00. The van der Waals surface area contributed by atoms with Crippen molar-refractivity contribution in [3.63, 3.8) is 0 Å². The second-order valence-corrected chi connectivity index (χ2v) is 5.17. The van der Waals surface area contributed by atoms with Gasteiger partial charge in [-0.15, -0.1) is 11.6 Å². The summed E-state index contributed by atoms with van der Waals surface area (Å²) in [6.45, 7) is 3.79. The van der Waals surface area contributed by atoms with Gasteiger partial charge in [0.2, 0.25) is 7.44 Å². The maximum Gasteiger partial charge on any atom is 0.210 e. The molecular weight excluding hydrogens is 170 g/mol. The van der Waals surface area contributed by atoms with Gasteiger partial charge < -0.3 is 0 Å². The molecule has 0 heterocycles. The van der Waals surface area contributed by atoms with Gasteiger partial charge in [0, 0.05) is 18.1 Å². The van der Waals surface area contributed by atoms with Crippen molar-refractivity contribution in [2.75, 3.05) is 12.0 Å². The van der Waals surface area contributed by atoms with Crippen molar-refractivity contribution in [3.05, 3.63) is 0 Å². The molecule has 0 aromatic carbocycles. The van der Waals surface area contributed by atoms with E-state index >= 15 is 0 Å². The molecular formula is C5H14ClN2OP. The van der Waals surface area contributed by atoms with Gasteiger partial charge in [-0.2, -0.15) is 0 Å². The monoisotopic (exact) mass is 184 g/mol. The van der Waals surface area contributed by atoms with E-state index in [0.717, 1.165) is 0 Å². The quantitative estimate of drug-likeness (QED) is 0.513.